The van der Waals surface area contributed by atoms with Crippen LogP contribution in [0.25, 0.3) is 0 Å². The van der Waals surface area contributed by atoms with Crippen molar-refractivity contribution in [3.8, 4) is 0 Å². The summed E-state index contributed by atoms with van der Waals surface area (Å²) >= 11 is 0. The van der Waals surface area contributed by atoms with Crippen molar-refractivity contribution in [3.63, 3.8) is 0 Å². The van der Waals surface area contributed by atoms with Crippen molar-refractivity contribution in [3.05, 3.63) is 18.2 Å². The summed E-state index contributed by atoms with van der Waals surface area (Å²) < 4.78 is 0. The first-order chi connectivity index (χ1) is 14.5. The number of aliphatic carboxylic acids is 1. The summed E-state index contributed by atoms with van der Waals surface area (Å²) in [6, 6.07) is -5.12. The molecule has 0 aliphatic carbocycles. The van der Waals surface area contributed by atoms with Gasteiger partial charge >= 0.3 is 5.97 Å². The number of carboxylic acids is 1. The minimum atomic E-state index is -1.53. The largest absolute Gasteiger partial charge is 0.480 e. The molecule has 0 aromatic carbocycles. The molecule has 5 atom stereocenters. The molecule has 3 amide bonds. The fourth-order valence-electron chi connectivity index (χ4n) is 2.55. The quantitative estimate of drug-likeness (QED) is 0.163. The van der Waals surface area contributed by atoms with E-state index in [-0.39, 0.29) is 6.42 Å². The van der Waals surface area contributed by atoms with Crippen molar-refractivity contribution < 1.29 is 34.5 Å². The fourth-order valence-corrected chi connectivity index (χ4v) is 2.55. The number of aliphatic hydroxyl groups excluding tert-OH is 2. The number of hydrogen-bond acceptors (Lipinski definition) is 8. The van der Waals surface area contributed by atoms with Crippen molar-refractivity contribution in [2.75, 3.05) is 6.61 Å². The molecular formula is C18H30N6O7. The maximum atomic E-state index is 12.9. The zero-order valence-electron chi connectivity index (χ0n) is 17.5. The number of aromatic nitrogens is 2. The van der Waals surface area contributed by atoms with Crippen LogP contribution in [0, 0.1) is 5.92 Å². The second kappa shape index (κ2) is 12.0. The molecule has 0 fully saturated rings. The number of hydrogen-bond donors (Lipinski definition) is 8. The molecular weight excluding hydrogens is 412 g/mol. The third-order valence-corrected chi connectivity index (χ3v) is 4.48. The Morgan fingerprint density at radius 2 is 1.68 bits per heavy atom. The van der Waals surface area contributed by atoms with Gasteiger partial charge in [-0.05, 0) is 12.8 Å². The summed E-state index contributed by atoms with van der Waals surface area (Å²) in [5, 5.41) is 34.7. The summed E-state index contributed by atoms with van der Waals surface area (Å²) in [6.45, 7) is 3.76. The molecule has 13 nitrogen and oxygen atoms in total. The van der Waals surface area contributed by atoms with E-state index < -0.39 is 66.5 Å². The summed E-state index contributed by atoms with van der Waals surface area (Å²) in [5.74, 6) is -4.18. The van der Waals surface area contributed by atoms with Crippen LogP contribution >= 0.6 is 0 Å². The summed E-state index contributed by atoms with van der Waals surface area (Å²) in [7, 11) is 0. The molecule has 13 heteroatoms. The lowest BCUT2D eigenvalue weighted by atomic mass is 10.0. The van der Waals surface area contributed by atoms with Crippen LogP contribution in [-0.4, -0.2) is 85.9 Å². The normalized spacial score (nSPS) is 16.0. The van der Waals surface area contributed by atoms with Crippen molar-refractivity contribution in [1.29, 1.82) is 0 Å². The average Bonchev–Trinajstić information content (AvgIpc) is 3.20. The summed E-state index contributed by atoms with van der Waals surface area (Å²) in [6.07, 6.45) is 1.67. The molecule has 0 spiro atoms. The Kier molecular flexibility index (Phi) is 10.0. The molecule has 0 bridgehead atoms. The zero-order valence-corrected chi connectivity index (χ0v) is 17.5. The number of aromatic amines is 1. The minimum absolute atomic E-state index is 0.00900. The standard InChI is InChI=1S/C18H30N6O7/c1-8(2)14(17(29)23-12(6-25)18(30)31)24-15(27)11(4-10-5-20-7-21-10)22-16(28)13(19)9(3)26/h5,7-9,11-14,25-26H,4,6,19H2,1-3H3,(H,20,21)(H,22,28)(H,23,29)(H,24,27)(H,30,31). The van der Waals surface area contributed by atoms with Gasteiger partial charge < -0.3 is 42.0 Å². The molecule has 0 aliphatic heterocycles. The topological polar surface area (TPSA) is 220 Å². The molecule has 0 saturated heterocycles. The lowest BCUT2D eigenvalue weighted by Gasteiger charge is -2.27. The zero-order chi connectivity index (χ0) is 23.7. The summed E-state index contributed by atoms with van der Waals surface area (Å²) in [5.41, 5.74) is 6.14. The van der Waals surface area contributed by atoms with Crippen LogP contribution < -0.4 is 21.7 Å². The van der Waals surface area contributed by atoms with Crippen LogP contribution in [0.15, 0.2) is 12.5 Å². The number of carboxylic acid groups (broad SMARTS) is 1. The molecule has 1 heterocycles. The van der Waals surface area contributed by atoms with Gasteiger partial charge in [-0.1, -0.05) is 13.8 Å². The highest BCUT2D eigenvalue weighted by molar-refractivity contribution is 5.94. The Balaban J connectivity index is 3.00. The molecule has 1 aromatic heterocycles. The van der Waals surface area contributed by atoms with Gasteiger partial charge in [-0.15, -0.1) is 0 Å². The highest BCUT2D eigenvalue weighted by atomic mass is 16.4. The SMILES string of the molecule is CC(C)C(NC(=O)C(Cc1cnc[nH]1)NC(=O)C(N)C(C)O)C(=O)NC(CO)C(=O)O. The van der Waals surface area contributed by atoms with Crippen LogP contribution in [0.4, 0.5) is 0 Å². The Bertz CT molecular complexity index is 753. The molecule has 0 radical (unpaired) electrons. The van der Waals surface area contributed by atoms with Crippen LogP contribution in [-0.2, 0) is 25.6 Å². The average molecular weight is 442 g/mol. The van der Waals surface area contributed by atoms with Crippen LogP contribution in [0.3, 0.4) is 0 Å². The number of H-pyrrole nitrogens is 1. The monoisotopic (exact) mass is 442 g/mol. The van der Waals surface area contributed by atoms with Gasteiger partial charge in [0.1, 0.15) is 24.2 Å². The number of nitrogens with two attached hydrogens (primary N) is 1. The van der Waals surface area contributed by atoms with Crippen molar-refractivity contribution in [2.45, 2.75) is 57.5 Å². The Hall–Kier alpha value is -3.03. The second-order valence-corrected chi connectivity index (χ2v) is 7.42. The van der Waals surface area contributed by atoms with Gasteiger partial charge in [0, 0.05) is 18.3 Å². The number of aliphatic hydroxyl groups is 2. The van der Waals surface area contributed by atoms with Crippen LogP contribution in [0.5, 0.6) is 0 Å². The lowest BCUT2D eigenvalue weighted by molar-refractivity contribution is -0.143. The first kappa shape index (κ1) is 26.0. The molecule has 5 unspecified atom stereocenters. The van der Waals surface area contributed by atoms with E-state index >= 15 is 0 Å². The maximum absolute atomic E-state index is 12.9. The van der Waals surface area contributed by atoms with E-state index in [1.807, 2.05) is 0 Å². The van der Waals surface area contributed by atoms with E-state index in [1.165, 1.54) is 19.4 Å². The van der Waals surface area contributed by atoms with Crippen molar-refractivity contribution >= 4 is 23.7 Å². The smallest absolute Gasteiger partial charge is 0.328 e. The van der Waals surface area contributed by atoms with E-state index in [9.17, 15) is 24.3 Å². The van der Waals surface area contributed by atoms with Gasteiger partial charge in [0.05, 0.1) is 19.0 Å². The minimum Gasteiger partial charge on any atom is -0.480 e. The Morgan fingerprint density at radius 3 is 2.13 bits per heavy atom. The molecule has 1 aromatic rings. The van der Waals surface area contributed by atoms with E-state index in [4.69, 9.17) is 15.9 Å². The second-order valence-electron chi connectivity index (χ2n) is 7.42. The van der Waals surface area contributed by atoms with Crippen molar-refractivity contribution in [2.24, 2.45) is 11.7 Å². The molecule has 174 valence electrons. The van der Waals surface area contributed by atoms with E-state index in [1.54, 1.807) is 13.8 Å². The van der Waals surface area contributed by atoms with Gasteiger partial charge in [0.2, 0.25) is 17.7 Å². The first-order valence-electron chi connectivity index (χ1n) is 9.63. The molecule has 9 N–H and O–H groups in total. The van der Waals surface area contributed by atoms with Gasteiger partial charge in [0.25, 0.3) is 0 Å². The molecule has 31 heavy (non-hydrogen) atoms. The molecule has 0 saturated carbocycles. The molecule has 1 rings (SSSR count). The van der Waals surface area contributed by atoms with Crippen LogP contribution in [0.2, 0.25) is 0 Å². The Labute approximate surface area is 178 Å². The van der Waals surface area contributed by atoms with E-state index in [0.29, 0.717) is 5.69 Å². The number of rotatable bonds is 12. The number of carbonyl (C=O) groups excluding carboxylic acids is 3. The van der Waals surface area contributed by atoms with Crippen molar-refractivity contribution in [1.82, 2.24) is 25.9 Å². The number of amides is 3. The van der Waals surface area contributed by atoms with E-state index in [0.717, 1.165) is 0 Å². The number of imidazole rings is 1. The number of nitrogens with one attached hydrogen (secondary N) is 4. The number of carbonyl (C=O) groups is 4. The Morgan fingerprint density at radius 1 is 1.06 bits per heavy atom. The maximum Gasteiger partial charge on any atom is 0.328 e. The number of nitrogens with zero attached hydrogens (tertiary/aromatic N) is 1. The first-order valence-corrected chi connectivity index (χ1v) is 9.63. The van der Waals surface area contributed by atoms with E-state index in [2.05, 4.69) is 25.9 Å². The predicted molar refractivity (Wildman–Crippen MR) is 107 cm³/mol. The highest BCUT2D eigenvalue weighted by Gasteiger charge is 2.32. The van der Waals surface area contributed by atoms with Gasteiger partial charge in [0.15, 0.2) is 0 Å². The summed E-state index contributed by atoms with van der Waals surface area (Å²) in [4.78, 5) is 55.4. The lowest BCUT2D eigenvalue weighted by Crippen LogP contribution is -2.60. The van der Waals surface area contributed by atoms with Crippen LogP contribution in [0.1, 0.15) is 26.5 Å². The third kappa shape index (κ3) is 7.96. The third-order valence-electron chi connectivity index (χ3n) is 4.48. The fraction of sp³-hybridized carbons (Fsp3) is 0.611. The predicted octanol–water partition coefficient (Wildman–Crippen LogP) is -3.15. The van der Waals surface area contributed by atoms with Gasteiger partial charge in [-0.25, -0.2) is 9.78 Å². The highest BCUT2D eigenvalue weighted by Crippen LogP contribution is 2.06. The van der Waals surface area contributed by atoms with Gasteiger partial charge in [-0.2, -0.15) is 0 Å². The molecule has 0 aliphatic rings. The van der Waals surface area contributed by atoms with Gasteiger partial charge in [-0.3, -0.25) is 14.4 Å².